The van der Waals surface area contributed by atoms with Gasteiger partial charge in [-0.1, -0.05) is 42.4 Å². The molecule has 2 heterocycles. The van der Waals surface area contributed by atoms with Crippen molar-refractivity contribution in [2.24, 2.45) is 0 Å². The number of aromatic nitrogens is 2. The Kier molecular flexibility index (Phi) is 6.27. The number of amides is 2. The van der Waals surface area contributed by atoms with E-state index in [1.54, 1.807) is 0 Å². The van der Waals surface area contributed by atoms with Gasteiger partial charge in [-0.3, -0.25) is 0 Å². The van der Waals surface area contributed by atoms with Crippen LogP contribution in [0.25, 0.3) is 11.4 Å². The smallest absolute Gasteiger partial charge is 0.317 e. The van der Waals surface area contributed by atoms with Crippen LogP contribution in [0.3, 0.4) is 0 Å². The number of ether oxygens (including phenoxy) is 1. The summed E-state index contributed by atoms with van der Waals surface area (Å²) in [6, 6.07) is 17.8. The van der Waals surface area contributed by atoms with Crippen LogP contribution < -0.4 is 10.1 Å². The minimum Gasteiger partial charge on any atom is -0.489 e. The number of aryl methyl sites for hydroxylation is 1. The maximum Gasteiger partial charge on any atom is 0.317 e. The third kappa shape index (κ3) is 4.97. The van der Waals surface area contributed by atoms with Crippen LogP contribution in [0.1, 0.15) is 24.8 Å². The van der Waals surface area contributed by atoms with Gasteiger partial charge in [0.1, 0.15) is 11.9 Å². The Morgan fingerprint density at radius 2 is 2.00 bits per heavy atom. The molecular formula is C23H26N4O3. The molecule has 2 amide bonds. The van der Waals surface area contributed by atoms with Gasteiger partial charge in [0.2, 0.25) is 11.7 Å². The molecule has 1 atom stereocenters. The summed E-state index contributed by atoms with van der Waals surface area (Å²) < 4.78 is 11.2. The van der Waals surface area contributed by atoms with Gasteiger partial charge in [0.25, 0.3) is 0 Å². The number of rotatable bonds is 7. The second-order valence-corrected chi connectivity index (χ2v) is 7.33. The Morgan fingerprint density at radius 3 is 2.73 bits per heavy atom. The van der Waals surface area contributed by atoms with E-state index in [4.69, 9.17) is 9.26 Å². The first-order valence-corrected chi connectivity index (χ1v) is 10.4. The van der Waals surface area contributed by atoms with Gasteiger partial charge in [0, 0.05) is 31.5 Å². The molecular weight excluding hydrogens is 380 g/mol. The summed E-state index contributed by atoms with van der Waals surface area (Å²) in [6.07, 6.45) is 2.35. The number of carbonyl (C=O) groups excluding carboxylic acids is 1. The minimum absolute atomic E-state index is 0.00686. The third-order valence-electron chi connectivity index (χ3n) is 5.15. The van der Waals surface area contributed by atoms with Gasteiger partial charge in [-0.25, -0.2) is 4.79 Å². The number of carbonyl (C=O) groups is 1. The van der Waals surface area contributed by atoms with Crippen molar-refractivity contribution >= 4 is 6.03 Å². The lowest BCUT2D eigenvalue weighted by Gasteiger charge is -2.18. The summed E-state index contributed by atoms with van der Waals surface area (Å²) in [5.41, 5.74) is 2.10. The largest absolute Gasteiger partial charge is 0.489 e. The molecule has 1 saturated heterocycles. The highest BCUT2D eigenvalue weighted by Gasteiger charge is 2.27. The van der Waals surface area contributed by atoms with E-state index in [1.165, 1.54) is 5.56 Å². The van der Waals surface area contributed by atoms with Crippen molar-refractivity contribution in [3.63, 3.8) is 0 Å². The molecule has 7 nitrogen and oxygen atoms in total. The molecule has 1 unspecified atom stereocenters. The summed E-state index contributed by atoms with van der Waals surface area (Å²) >= 11 is 0. The first-order valence-electron chi connectivity index (χ1n) is 10.4. The summed E-state index contributed by atoms with van der Waals surface area (Å²) in [5, 5.41) is 6.98. The summed E-state index contributed by atoms with van der Waals surface area (Å²) in [6.45, 7) is 3.89. The molecule has 0 saturated carbocycles. The fourth-order valence-electron chi connectivity index (χ4n) is 3.47. The quantitative estimate of drug-likeness (QED) is 0.647. The predicted octanol–water partition coefficient (Wildman–Crippen LogP) is 3.70. The van der Waals surface area contributed by atoms with Crippen LogP contribution in [0.4, 0.5) is 4.79 Å². The molecule has 1 aliphatic heterocycles. The number of hydrogen-bond acceptors (Lipinski definition) is 5. The molecule has 0 spiro atoms. The van der Waals surface area contributed by atoms with Gasteiger partial charge in [-0.2, -0.15) is 4.98 Å². The van der Waals surface area contributed by atoms with Gasteiger partial charge in [0.05, 0.1) is 6.54 Å². The molecule has 3 aromatic rings. The minimum atomic E-state index is -0.0313. The summed E-state index contributed by atoms with van der Waals surface area (Å²) in [5.74, 6) is 1.98. The molecule has 1 aliphatic rings. The standard InChI is InChI=1S/C23H26N4O3/c1-2-21-25-22(26-30-21)18-8-10-19(11-9-18)29-20-13-15-27(16-20)23(28)24-14-12-17-6-4-3-5-7-17/h3-11,20H,2,12-16H2,1H3,(H,24,28). The van der Waals surface area contributed by atoms with E-state index in [2.05, 4.69) is 27.6 Å². The second kappa shape index (κ2) is 9.43. The van der Waals surface area contributed by atoms with Crippen LogP contribution in [-0.4, -0.2) is 46.8 Å². The highest BCUT2D eigenvalue weighted by atomic mass is 16.5. The molecule has 0 radical (unpaired) electrons. The van der Waals surface area contributed by atoms with Gasteiger partial charge in [-0.15, -0.1) is 0 Å². The van der Waals surface area contributed by atoms with E-state index in [0.29, 0.717) is 37.8 Å². The first kappa shape index (κ1) is 19.9. The van der Waals surface area contributed by atoms with Crippen LogP contribution in [0.15, 0.2) is 59.1 Å². The number of likely N-dealkylation sites (tertiary alicyclic amines) is 1. The van der Waals surface area contributed by atoms with Crippen molar-refractivity contribution in [2.45, 2.75) is 32.3 Å². The molecule has 7 heteroatoms. The zero-order valence-electron chi connectivity index (χ0n) is 17.1. The van der Waals surface area contributed by atoms with Gasteiger partial charge < -0.3 is 19.5 Å². The average molecular weight is 406 g/mol. The van der Waals surface area contributed by atoms with Crippen molar-refractivity contribution in [3.05, 3.63) is 66.1 Å². The normalized spacial score (nSPS) is 15.9. The number of nitrogens with zero attached hydrogens (tertiary/aromatic N) is 3. The molecule has 1 aromatic heterocycles. The van der Waals surface area contributed by atoms with Crippen LogP contribution in [0.5, 0.6) is 5.75 Å². The van der Waals surface area contributed by atoms with Crippen LogP contribution in [-0.2, 0) is 12.8 Å². The lowest BCUT2D eigenvalue weighted by molar-refractivity contribution is 0.187. The second-order valence-electron chi connectivity index (χ2n) is 7.33. The lowest BCUT2D eigenvalue weighted by atomic mass is 10.1. The Morgan fingerprint density at radius 1 is 1.20 bits per heavy atom. The number of urea groups is 1. The maximum absolute atomic E-state index is 12.4. The molecule has 30 heavy (non-hydrogen) atoms. The molecule has 0 bridgehead atoms. The Bertz CT molecular complexity index is 956. The molecule has 1 N–H and O–H groups in total. The van der Waals surface area contributed by atoms with Crippen LogP contribution in [0, 0.1) is 0 Å². The molecule has 4 rings (SSSR count). The average Bonchev–Trinajstić information content (AvgIpc) is 3.45. The van der Waals surface area contributed by atoms with Crippen molar-refractivity contribution in [1.82, 2.24) is 20.4 Å². The van der Waals surface area contributed by atoms with Gasteiger partial charge in [-0.05, 0) is 36.2 Å². The van der Waals surface area contributed by atoms with Crippen molar-refractivity contribution in [1.29, 1.82) is 0 Å². The number of hydrogen-bond donors (Lipinski definition) is 1. The van der Waals surface area contributed by atoms with Crippen molar-refractivity contribution in [2.75, 3.05) is 19.6 Å². The van der Waals surface area contributed by atoms with E-state index >= 15 is 0 Å². The van der Waals surface area contributed by atoms with E-state index in [-0.39, 0.29) is 12.1 Å². The predicted molar refractivity (Wildman–Crippen MR) is 113 cm³/mol. The Labute approximate surface area is 176 Å². The third-order valence-corrected chi connectivity index (χ3v) is 5.15. The zero-order chi connectivity index (χ0) is 20.8. The van der Waals surface area contributed by atoms with E-state index in [1.807, 2.05) is 54.3 Å². The number of benzene rings is 2. The molecule has 0 aliphatic carbocycles. The highest BCUT2D eigenvalue weighted by molar-refractivity contribution is 5.74. The zero-order valence-corrected chi connectivity index (χ0v) is 17.1. The van der Waals surface area contributed by atoms with Crippen LogP contribution >= 0.6 is 0 Å². The van der Waals surface area contributed by atoms with Crippen molar-refractivity contribution in [3.8, 4) is 17.1 Å². The molecule has 156 valence electrons. The highest BCUT2D eigenvalue weighted by Crippen LogP contribution is 2.23. The van der Waals surface area contributed by atoms with E-state index < -0.39 is 0 Å². The Hall–Kier alpha value is -3.35. The van der Waals surface area contributed by atoms with E-state index in [9.17, 15) is 4.79 Å². The summed E-state index contributed by atoms with van der Waals surface area (Å²) in [7, 11) is 0. The van der Waals surface area contributed by atoms with Gasteiger partial charge in [0.15, 0.2) is 0 Å². The topological polar surface area (TPSA) is 80.5 Å². The molecule has 2 aromatic carbocycles. The van der Waals surface area contributed by atoms with Crippen LogP contribution in [0.2, 0.25) is 0 Å². The number of nitrogens with one attached hydrogen (secondary N) is 1. The Balaban J connectivity index is 1.24. The SMILES string of the molecule is CCc1nc(-c2ccc(OC3CCN(C(=O)NCCc4ccccc4)C3)cc2)no1. The van der Waals surface area contributed by atoms with E-state index in [0.717, 1.165) is 24.2 Å². The monoisotopic (exact) mass is 406 g/mol. The maximum atomic E-state index is 12.4. The molecule has 1 fully saturated rings. The van der Waals surface area contributed by atoms with Gasteiger partial charge >= 0.3 is 6.03 Å². The first-order chi connectivity index (χ1) is 14.7. The lowest BCUT2D eigenvalue weighted by Crippen LogP contribution is -2.40. The summed E-state index contributed by atoms with van der Waals surface area (Å²) in [4.78, 5) is 18.5. The fourth-order valence-corrected chi connectivity index (χ4v) is 3.47. The van der Waals surface area contributed by atoms with Crippen molar-refractivity contribution < 1.29 is 14.1 Å². The fraction of sp³-hybridized carbons (Fsp3) is 0.348.